The molecule has 0 bridgehead atoms. The summed E-state index contributed by atoms with van der Waals surface area (Å²) >= 11 is 0. The first-order valence-electron chi connectivity index (χ1n) is 11.5. The molecule has 1 fully saturated rings. The van der Waals surface area contributed by atoms with Gasteiger partial charge in [-0.05, 0) is 55.3 Å². The number of rotatable bonds is 5. The molecule has 3 amide bonds. The number of aryl methyl sites for hydroxylation is 2. The second-order valence-electron chi connectivity index (χ2n) is 8.96. The van der Waals surface area contributed by atoms with Gasteiger partial charge in [0.1, 0.15) is 11.3 Å². The van der Waals surface area contributed by atoms with Crippen molar-refractivity contribution < 1.29 is 28.8 Å². The summed E-state index contributed by atoms with van der Waals surface area (Å²) in [4.78, 5) is 64.5. The maximum atomic E-state index is 13.0. The second kappa shape index (κ2) is 8.98. The molecule has 0 aromatic heterocycles. The Kier molecular flexibility index (Phi) is 5.79. The molecule has 2 aliphatic heterocycles. The van der Waals surface area contributed by atoms with Crippen LogP contribution in [-0.4, -0.2) is 35.2 Å². The van der Waals surface area contributed by atoms with E-state index in [2.05, 4.69) is 0 Å². The van der Waals surface area contributed by atoms with Crippen LogP contribution in [0.25, 0.3) is 0 Å². The fourth-order valence-corrected chi connectivity index (χ4v) is 4.74. The van der Waals surface area contributed by atoms with Crippen molar-refractivity contribution in [2.45, 2.75) is 20.3 Å². The molecule has 186 valence electrons. The van der Waals surface area contributed by atoms with Gasteiger partial charge >= 0.3 is 5.97 Å². The quantitative estimate of drug-likeness (QED) is 0.171. The van der Waals surface area contributed by atoms with Crippen LogP contribution in [0.15, 0.2) is 60.7 Å². The molecule has 3 aromatic rings. The molecule has 0 spiro atoms. The summed E-state index contributed by atoms with van der Waals surface area (Å²) in [6.45, 7) is 3.72. The summed E-state index contributed by atoms with van der Waals surface area (Å²) in [6.07, 6.45) is 0.0258. The second-order valence-corrected chi connectivity index (χ2v) is 8.96. The number of hydrogen-bond acceptors (Lipinski definition) is 7. The van der Waals surface area contributed by atoms with E-state index >= 15 is 0 Å². The van der Waals surface area contributed by atoms with Crippen LogP contribution in [0.1, 0.15) is 38.3 Å². The molecular weight excluding hydrogens is 478 g/mol. The molecule has 0 aliphatic carbocycles. The molecule has 0 saturated carbocycles. The van der Waals surface area contributed by atoms with Crippen LogP contribution in [0.5, 0.6) is 5.75 Å². The highest BCUT2D eigenvalue weighted by atomic mass is 16.6. The van der Waals surface area contributed by atoms with E-state index in [0.717, 1.165) is 16.2 Å². The molecule has 2 heterocycles. The Morgan fingerprint density at radius 3 is 2.41 bits per heavy atom. The number of hydrogen-bond donors (Lipinski definition) is 0. The van der Waals surface area contributed by atoms with Gasteiger partial charge in [0.2, 0.25) is 5.91 Å². The van der Waals surface area contributed by atoms with Crippen molar-refractivity contribution >= 4 is 40.8 Å². The standard InChI is InChI=1S/C27H21N3O7/c1-15-6-3-4-8-20(15)28-14-17(13-23(28)31)27(34)37-18-10-11-21(16(2)12-18)29-25(32)19-7-5-9-22(30(35)36)24(19)26(29)33/h3-12,17H,13-14H2,1-2H3/t17-/m1/s1. The summed E-state index contributed by atoms with van der Waals surface area (Å²) in [5, 5.41) is 11.4. The number of nitro groups is 1. The van der Waals surface area contributed by atoms with Crippen LogP contribution in [0.2, 0.25) is 0 Å². The molecule has 0 N–H and O–H groups in total. The van der Waals surface area contributed by atoms with E-state index in [0.29, 0.717) is 5.56 Å². The maximum absolute atomic E-state index is 13.0. The molecule has 0 radical (unpaired) electrons. The van der Waals surface area contributed by atoms with Gasteiger partial charge in [-0.2, -0.15) is 0 Å². The number of imide groups is 1. The summed E-state index contributed by atoms with van der Waals surface area (Å²) in [7, 11) is 0. The average Bonchev–Trinajstić information content (AvgIpc) is 3.37. The Morgan fingerprint density at radius 1 is 0.946 bits per heavy atom. The molecule has 5 rings (SSSR count). The third-order valence-corrected chi connectivity index (χ3v) is 6.58. The van der Waals surface area contributed by atoms with Crippen molar-refractivity contribution in [2.75, 3.05) is 16.3 Å². The molecule has 1 saturated heterocycles. The minimum atomic E-state index is -0.791. The topological polar surface area (TPSA) is 127 Å². The Labute approximate surface area is 211 Å². The summed E-state index contributed by atoms with van der Waals surface area (Å²) in [5.74, 6) is -2.65. The van der Waals surface area contributed by atoms with Gasteiger partial charge in [0.25, 0.3) is 17.5 Å². The van der Waals surface area contributed by atoms with Gasteiger partial charge in [-0.15, -0.1) is 0 Å². The third kappa shape index (κ3) is 4.02. The summed E-state index contributed by atoms with van der Waals surface area (Å²) < 4.78 is 5.53. The molecular formula is C27H21N3O7. The van der Waals surface area contributed by atoms with Gasteiger partial charge in [-0.25, -0.2) is 4.90 Å². The summed E-state index contributed by atoms with van der Waals surface area (Å²) in [5.41, 5.74) is 1.62. The van der Waals surface area contributed by atoms with Crippen molar-refractivity contribution in [1.82, 2.24) is 0 Å². The molecule has 2 aliphatic rings. The van der Waals surface area contributed by atoms with Crippen molar-refractivity contribution in [3.63, 3.8) is 0 Å². The molecule has 1 atom stereocenters. The number of esters is 1. The number of nitrogens with zero attached hydrogens (tertiary/aromatic N) is 3. The lowest BCUT2D eigenvalue weighted by molar-refractivity contribution is -0.385. The van der Waals surface area contributed by atoms with E-state index in [1.54, 1.807) is 11.8 Å². The van der Waals surface area contributed by atoms with Crippen LogP contribution in [-0.2, 0) is 9.59 Å². The predicted molar refractivity (Wildman–Crippen MR) is 133 cm³/mol. The van der Waals surface area contributed by atoms with Gasteiger partial charge in [0, 0.05) is 24.7 Å². The monoisotopic (exact) mass is 499 g/mol. The van der Waals surface area contributed by atoms with E-state index in [-0.39, 0.29) is 41.4 Å². The predicted octanol–water partition coefficient (Wildman–Crippen LogP) is 3.97. The van der Waals surface area contributed by atoms with E-state index in [9.17, 15) is 29.3 Å². The minimum absolute atomic E-state index is 0.0258. The number of carbonyl (C=O) groups excluding carboxylic acids is 4. The van der Waals surface area contributed by atoms with Crippen molar-refractivity contribution in [3.8, 4) is 5.75 Å². The number of ether oxygens (including phenoxy) is 1. The van der Waals surface area contributed by atoms with Crippen LogP contribution in [0.4, 0.5) is 17.1 Å². The Bertz CT molecular complexity index is 1510. The van der Waals surface area contributed by atoms with E-state index < -0.39 is 34.3 Å². The Morgan fingerprint density at radius 2 is 1.70 bits per heavy atom. The maximum Gasteiger partial charge on any atom is 0.316 e. The van der Waals surface area contributed by atoms with E-state index in [1.807, 2.05) is 31.2 Å². The molecule has 10 heteroatoms. The zero-order chi connectivity index (χ0) is 26.4. The normalized spacial score (nSPS) is 16.8. The van der Waals surface area contributed by atoms with E-state index in [4.69, 9.17) is 4.74 Å². The third-order valence-electron chi connectivity index (χ3n) is 6.58. The van der Waals surface area contributed by atoms with Crippen molar-refractivity contribution in [1.29, 1.82) is 0 Å². The van der Waals surface area contributed by atoms with Crippen LogP contribution in [0.3, 0.4) is 0 Å². The van der Waals surface area contributed by atoms with Crippen LogP contribution >= 0.6 is 0 Å². The lowest BCUT2D eigenvalue weighted by Crippen LogP contribution is -2.30. The first-order valence-corrected chi connectivity index (χ1v) is 11.5. The zero-order valence-corrected chi connectivity index (χ0v) is 20.0. The van der Waals surface area contributed by atoms with Gasteiger partial charge in [-0.3, -0.25) is 29.3 Å². The highest BCUT2D eigenvalue weighted by Gasteiger charge is 2.42. The Hall–Kier alpha value is -4.86. The first kappa shape index (κ1) is 23.9. The largest absolute Gasteiger partial charge is 0.426 e. The van der Waals surface area contributed by atoms with Gasteiger partial charge in [0.15, 0.2) is 0 Å². The van der Waals surface area contributed by atoms with Gasteiger partial charge in [-0.1, -0.05) is 24.3 Å². The fourth-order valence-electron chi connectivity index (χ4n) is 4.74. The van der Waals surface area contributed by atoms with Crippen LogP contribution < -0.4 is 14.5 Å². The lowest BCUT2D eigenvalue weighted by Gasteiger charge is -2.19. The van der Waals surface area contributed by atoms with Crippen molar-refractivity contribution in [2.24, 2.45) is 5.92 Å². The first-order chi connectivity index (χ1) is 17.7. The Balaban J connectivity index is 1.33. The smallest absolute Gasteiger partial charge is 0.316 e. The number of carbonyl (C=O) groups is 4. The SMILES string of the molecule is Cc1ccccc1N1C[C@H](C(=O)Oc2ccc(N3C(=O)c4cccc([N+](=O)[O-])c4C3=O)c(C)c2)CC1=O. The van der Waals surface area contributed by atoms with Gasteiger partial charge < -0.3 is 9.64 Å². The summed E-state index contributed by atoms with van der Waals surface area (Å²) in [6, 6.07) is 15.7. The number of fused-ring (bicyclic) bond motifs is 1. The van der Waals surface area contributed by atoms with Crippen LogP contribution in [0, 0.1) is 29.9 Å². The minimum Gasteiger partial charge on any atom is -0.426 e. The molecule has 37 heavy (non-hydrogen) atoms. The highest BCUT2D eigenvalue weighted by Crippen LogP contribution is 2.36. The highest BCUT2D eigenvalue weighted by molar-refractivity contribution is 6.35. The number of para-hydroxylation sites is 1. The number of amides is 3. The molecule has 10 nitrogen and oxygen atoms in total. The van der Waals surface area contributed by atoms with Gasteiger partial charge in [0.05, 0.1) is 22.1 Å². The molecule has 0 unspecified atom stereocenters. The molecule has 3 aromatic carbocycles. The number of benzene rings is 3. The number of nitro benzene ring substituents is 1. The van der Waals surface area contributed by atoms with E-state index in [1.165, 1.54) is 36.4 Å². The number of anilines is 2. The average molecular weight is 499 g/mol. The van der Waals surface area contributed by atoms with Crippen molar-refractivity contribution in [3.05, 3.63) is 93.0 Å². The zero-order valence-electron chi connectivity index (χ0n) is 20.0. The lowest BCUT2D eigenvalue weighted by atomic mass is 10.1. The fraction of sp³-hybridized carbons (Fsp3) is 0.185.